The Morgan fingerprint density at radius 1 is 1.21 bits per heavy atom. The predicted molar refractivity (Wildman–Crippen MR) is 80.9 cm³/mol. The smallest absolute Gasteiger partial charge is 0.161 e. The van der Waals surface area contributed by atoms with Crippen LogP contribution in [0.3, 0.4) is 0 Å². The monoisotopic (exact) mass is 335 g/mol. The fourth-order valence-electron chi connectivity index (χ4n) is 1.74. The molecule has 0 bridgehead atoms. The molecule has 0 saturated heterocycles. The van der Waals surface area contributed by atoms with Crippen molar-refractivity contribution in [3.8, 4) is 0 Å². The van der Waals surface area contributed by atoms with E-state index in [-0.39, 0.29) is 0 Å². The molecule has 19 heavy (non-hydrogen) atoms. The molecule has 3 rings (SSSR count). The van der Waals surface area contributed by atoms with E-state index in [1.807, 2.05) is 30.5 Å². The van der Waals surface area contributed by atoms with E-state index in [0.717, 1.165) is 32.0 Å². The minimum Gasteiger partial charge on any atom is -0.339 e. The van der Waals surface area contributed by atoms with Gasteiger partial charge < -0.3 is 5.32 Å². The van der Waals surface area contributed by atoms with E-state index in [2.05, 4.69) is 41.4 Å². The molecule has 7 heteroatoms. The molecule has 2 aromatic heterocycles. The summed E-state index contributed by atoms with van der Waals surface area (Å²) in [5.74, 6) is 0.755. The first-order chi connectivity index (χ1) is 9.28. The van der Waals surface area contributed by atoms with Crippen LogP contribution in [0.5, 0.6) is 0 Å². The van der Waals surface area contributed by atoms with Crippen molar-refractivity contribution >= 4 is 50.2 Å². The number of thioether (sulfide) groups is 1. The number of nitrogens with one attached hydrogen (secondary N) is 2. The van der Waals surface area contributed by atoms with E-state index in [1.165, 1.54) is 6.33 Å². The SMILES string of the molecule is CSc1n[nH]c2ncnc(Nc3ccc(Br)cc3)c12. The molecule has 0 amide bonds. The molecule has 0 saturated carbocycles. The van der Waals surface area contributed by atoms with Gasteiger partial charge in [-0.05, 0) is 30.5 Å². The van der Waals surface area contributed by atoms with Crippen molar-refractivity contribution in [1.29, 1.82) is 0 Å². The number of nitrogens with zero attached hydrogens (tertiary/aromatic N) is 3. The third-order valence-corrected chi connectivity index (χ3v) is 3.84. The summed E-state index contributed by atoms with van der Waals surface area (Å²) in [4.78, 5) is 8.47. The van der Waals surface area contributed by atoms with Crippen molar-refractivity contribution in [2.75, 3.05) is 11.6 Å². The van der Waals surface area contributed by atoms with Crippen LogP contribution in [-0.2, 0) is 0 Å². The predicted octanol–water partition coefficient (Wildman–Crippen LogP) is 3.58. The van der Waals surface area contributed by atoms with Crippen LogP contribution < -0.4 is 5.32 Å². The normalized spacial score (nSPS) is 10.8. The van der Waals surface area contributed by atoms with E-state index in [1.54, 1.807) is 11.8 Å². The lowest BCUT2D eigenvalue weighted by Crippen LogP contribution is -1.95. The second kappa shape index (κ2) is 5.18. The van der Waals surface area contributed by atoms with Crippen molar-refractivity contribution in [2.24, 2.45) is 0 Å². The highest BCUT2D eigenvalue weighted by Gasteiger charge is 2.12. The van der Waals surface area contributed by atoms with Gasteiger partial charge in [-0.25, -0.2) is 9.97 Å². The number of halogens is 1. The molecule has 3 aromatic rings. The van der Waals surface area contributed by atoms with E-state index in [9.17, 15) is 0 Å². The Morgan fingerprint density at radius 3 is 2.74 bits per heavy atom. The Labute approximate surface area is 122 Å². The Balaban J connectivity index is 2.04. The molecule has 1 aromatic carbocycles. The average molecular weight is 336 g/mol. The van der Waals surface area contributed by atoms with Crippen molar-refractivity contribution in [3.63, 3.8) is 0 Å². The van der Waals surface area contributed by atoms with Gasteiger partial charge in [-0.3, -0.25) is 5.10 Å². The van der Waals surface area contributed by atoms with E-state index < -0.39 is 0 Å². The van der Waals surface area contributed by atoms with Gasteiger partial charge in [0.15, 0.2) is 5.65 Å². The Hall–Kier alpha value is -1.60. The number of H-pyrrole nitrogens is 1. The third kappa shape index (κ3) is 2.43. The highest BCUT2D eigenvalue weighted by molar-refractivity contribution is 9.10. The lowest BCUT2D eigenvalue weighted by molar-refractivity contribution is 1.02. The van der Waals surface area contributed by atoms with Crippen molar-refractivity contribution in [3.05, 3.63) is 35.1 Å². The zero-order valence-electron chi connectivity index (χ0n) is 10.0. The number of anilines is 2. The number of aromatic amines is 1. The number of hydrogen-bond donors (Lipinski definition) is 2. The standard InChI is InChI=1S/C12H10BrN5S/c1-19-12-9-10(14-6-15-11(9)17-18-12)16-8-4-2-7(13)3-5-8/h2-6H,1H3,(H2,14,15,16,17,18). The quantitative estimate of drug-likeness (QED) is 0.716. The van der Waals surface area contributed by atoms with Crippen LogP contribution in [0.1, 0.15) is 0 Å². The Kier molecular flexibility index (Phi) is 3.39. The van der Waals surface area contributed by atoms with Crippen molar-refractivity contribution < 1.29 is 0 Å². The van der Waals surface area contributed by atoms with Gasteiger partial charge in [-0.2, -0.15) is 5.10 Å². The first kappa shape index (κ1) is 12.4. The molecule has 5 nitrogen and oxygen atoms in total. The summed E-state index contributed by atoms with van der Waals surface area (Å²) in [7, 11) is 0. The van der Waals surface area contributed by atoms with Gasteiger partial charge in [-0.15, -0.1) is 11.8 Å². The van der Waals surface area contributed by atoms with Crippen LogP contribution in [0.15, 0.2) is 40.1 Å². The summed E-state index contributed by atoms with van der Waals surface area (Å²) < 4.78 is 1.04. The molecule has 0 spiro atoms. The molecule has 2 heterocycles. The highest BCUT2D eigenvalue weighted by Crippen LogP contribution is 2.29. The fraction of sp³-hybridized carbons (Fsp3) is 0.0833. The maximum Gasteiger partial charge on any atom is 0.161 e. The maximum absolute atomic E-state index is 4.30. The van der Waals surface area contributed by atoms with Gasteiger partial charge in [0.05, 0.1) is 5.39 Å². The number of benzene rings is 1. The van der Waals surface area contributed by atoms with Crippen LogP contribution >= 0.6 is 27.7 Å². The average Bonchev–Trinajstić information content (AvgIpc) is 2.85. The van der Waals surface area contributed by atoms with Crippen molar-refractivity contribution in [1.82, 2.24) is 20.2 Å². The Bertz CT molecular complexity index is 710. The minimum absolute atomic E-state index is 0.735. The second-order valence-electron chi connectivity index (χ2n) is 3.81. The number of fused-ring (bicyclic) bond motifs is 1. The lowest BCUT2D eigenvalue weighted by atomic mass is 10.3. The van der Waals surface area contributed by atoms with Crippen LogP contribution in [0.2, 0.25) is 0 Å². The zero-order chi connectivity index (χ0) is 13.2. The van der Waals surface area contributed by atoms with Gasteiger partial charge in [-0.1, -0.05) is 15.9 Å². The molecular weight excluding hydrogens is 326 g/mol. The number of aromatic nitrogens is 4. The molecule has 0 aliphatic carbocycles. The molecule has 2 N–H and O–H groups in total. The largest absolute Gasteiger partial charge is 0.339 e. The van der Waals surface area contributed by atoms with Gasteiger partial charge in [0, 0.05) is 10.2 Å². The zero-order valence-corrected chi connectivity index (χ0v) is 12.4. The van der Waals surface area contributed by atoms with Crippen molar-refractivity contribution in [2.45, 2.75) is 5.03 Å². The lowest BCUT2D eigenvalue weighted by Gasteiger charge is -2.06. The van der Waals surface area contributed by atoms with Crippen LogP contribution in [0.4, 0.5) is 11.5 Å². The summed E-state index contributed by atoms with van der Waals surface area (Å²) in [6.45, 7) is 0. The van der Waals surface area contributed by atoms with E-state index >= 15 is 0 Å². The topological polar surface area (TPSA) is 66.5 Å². The summed E-state index contributed by atoms with van der Waals surface area (Å²) in [5.41, 5.74) is 1.70. The highest BCUT2D eigenvalue weighted by atomic mass is 79.9. The maximum atomic E-state index is 4.30. The third-order valence-electron chi connectivity index (χ3n) is 2.62. The molecule has 0 unspecified atom stereocenters. The van der Waals surface area contributed by atoms with Crippen LogP contribution in [0.25, 0.3) is 11.0 Å². The molecule has 0 aliphatic rings. The second-order valence-corrected chi connectivity index (χ2v) is 5.52. The number of hydrogen-bond acceptors (Lipinski definition) is 5. The van der Waals surface area contributed by atoms with Gasteiger partial charge in [0.25, 0.3) is 0 Å². The molecule has 0 fully saturated rings. The first-order valence-corrected chi connectivity index (χ1v) is 7.55. The first-order valence-electron chi connectivity index (χ1n) is 5.53. The summed E-state index contributed by atoms with van der Waals surface area (Å²) in [6, 6.07) is 7.92. The summed E-state index contributed by atoms with van der Waals surface area (Å²) >= 11 is 4.98. The van der Waals surface area contributed by atoms with Crippen LogP contribution in [0, 0.1) is 0 Å². The molecule has 0 atom stereocenters. The Morgan fingerprint density at radius 2 is 2.00 bits per heavy atom. The summed E-state index contributed by atoms with van der Waals surface area (Å²) in [6.07, 6.45) is 3.50. The molecule has 0 aliphatic heterocycles. The van der Waals surface area contributed by atoms with Gasteiger partial charge >= 0.3 is 0 Å². The molecule has 96 valence electrons. The van der Waals surface area contributed by atoms with E-state index in [0.29, 0.717) is 0 Å². The molecular formula is C12H10BrN5S. The van der Waals surface area contributed by atoms with Gasteiger partial charge in [0.1, 0.15) is 17.2 Å². The minimum atomic E-state index is 0.735. The molecule has 0 radical (unpaired) electrons. The van der Waals surface area contributed by atoms with E-state index in [4.69, 9.17) is 0 Å². The summed E-state index contributed by atoms with van der Waals surface area (Å²) in [5, 5.41) is 12.2. The van der Waals surface area contributed by atoms with Gasteiger partial charge in [0.2, 0.25) is 0 Å². The fourth-order valence-corrected chi connectivity index (χ4v) is 2.54. The number of rotatable bonds is 3. The van der Waals surface area contributed by atoms with Crippen LogP contribution in [-0.4, -0.2) is 26.4 Å².